The van der Waals surface area contributed by atoms with Crippen molar-refractivity contribution in [1.29, 1.82) is 0 Å². The van der Waals surface area contributed by atoms with Crippen LogP contribution in [0.2, 0.25) is 0 Å². The maximum Gasteiger partial charge on any atom is 0.200 e. The van der Waals surface area contributed by atoms with Crippen LogP contribution in [0.4, 0.5) is 0 Å². The summed E-state index contributed by atoms with van der Waals surface area (Å²) in [5.41, 5.74) is 0.782. The Hall–Kier alpha value is -2.24. The van der Waals surface area contributed by atoms with Gasteiger partial charge in [0.1, 0.15) is 0 Å². The molecule has 0 bridgehead atoms. The monoisotopic (exact) mass is 192 g/mol. The molecule has 0 heterocycles. The molecule has 1 aromatic carbocycles. The molecule has 0 saturated carbocycles. The van der Waals surface area contributed by atoms with Gasteiger partial charge < -0.3 is 11.7 Å². The SMILES string of the molecule is N/N=C(/N=N/C=[15N]/[15NH2])c1ccccc1. The van der Waals surface area contributed by atoms with E-state index in [9.17, 15) is 0 Å². The minimum Gasteiger partial charge on any atom is -0.322 e. The summed E-state index contributed by atoms with van der Waals surface area (Å²) >= 11 is 0. The fraction of sp³-hybridized carbons (Fsp3) is 0. The number of nitrogens with two attached hydrogens (primary N) is 2. The van der Waals surface area contributed by atoms with E-state index in [1.807, 2.05) is 30.3 Å². The molecule has 0 spiro atoms. The smallest absolute Gasteiger partial charge is 0.200 e. The van der Waals surface area contributed by atoms with Crippen LogP contribution in [0.15, 0.2) is 50.8 Å². The summed E-state index contributed by atoms with van der Waals surface area (Å²) in [6.07, 6.45) is 1.11. The number of amidine groups is 1. The third kappa shape index (κ3) is 2.67. The van der Waals surface area contributed by atoms with Gasteiger partial charge in [-0.05, 0) is 0 Å². The lowest BCUT2D eigenvalue weighted by atomic mass is 10.2. The van der Waals surface area contributed by atoms with Gasteiger partial charge in [-0.2, -0.15) is 10.2 Å². The summed E-state index contributed by atoms with van der Waals surface area (Å²) in [6.45, 7) is 0. The molecule has 72 valence electrons. The summed E-state index contributed by atoms with van der Waals surface area (Å²) in [7, 11) is 0. The van der Waals surface area contributed by atoms with Crippen molar-refractivity contribution in [2.45, 2.75) is 0 Å². The molecule has 0 aliphatic heterocycles. The van der Waals surface area contributed by atoms with E-state index in [4.69, 9.17) is 11.7 Å². The van der Waals surface area contributed by atoms with Gasteiger partial charge in [0.25, 0.3) is 0 Å². The zero-order valence-electron chi connectivity index (χ0n) is 7.41. The summed E-state index contributed by atoms with van der Waals surface area (Å²) < 4.78 is 0. The molecule has 0 amide bonds. The van der Waals surface area contributed by atoms with Crippen LogP contribution < -0.4 is 11.7 Å². The average Bonchev–Trinajstić information content (AvgIpc) is 2.26. The van der Waals surface area contributed by atoms with Crippen molar-refractivity contribution in [3.8, 4) is 0 Å². The van der Waals surface area contributed by atoms with Crippen LogP contribution in [0.3, 0.4) is 0 Å². The standard InChI is InChI=1S/C8H10N6/c9-11-6-12-14-8(13-10)7-4-2-1-3-5-7/h1-6H,9-10H2/b11-6+,13-8+,14-12+/i9+1,11+1. The summed E-state index contributed by atoms with van der Waals surface area (Å²) in [6, 6.07) is 9.24. The molecule has 6 heteroatoms. The van der Waals surface area contributed by atoms with Crippen LogP contribution in [0.25, 0.3) is 0 Å². The van der Waals surface area contributed by atoms with Crippen molar-refractivity contribution < 1.29 is 0 Å². The molecule has 0 radical (unpaired) electrons. The molecule has 1 aromatic rings. The van der Waals surface area contributed by atoms with E-state index >= 15 is 0 Å². The number of rotatable bonds is 2. The third-order valence-corrected chi connectivity index (χ3v) is 1.43. The van der Waals surface area contributed by atoms with Gasteiger partial charge in [0, 0.05) is 5.56 Å². The minimum atomic E-state index is 0.325. The number of azo groups is 1. The predicted octanol–water partition coefficient (Wildman–Crippen LogP) is 0.661. The van der Waals surface area contributed by atoms with E-state index in [1.165, 1.54) is 0 Å². The highest BCUT2D eigenvalue weighted by Gasteiger charge is 1.98. The predicted molar refractivity (Wildman–Crippen MR) is 54.7 cm³/mol. The zero-order valence-corrected chi connectivity index (χ0v) is 7.41. The molecule has 0 aliphatic carbocycles. The Morgan fingerprint density at radius 2 is 1.86 bits per heavy atom. The highest BCUT2D eigenvalue weighted by atomic mass is 16.1. The van der Waals surface area contributed by atoms with Gasteiger partial charge in [-0.1, -0.05) is 30.3 Å². The molecule has 6 nitrogen and oxygen atoms in total. The van der Waals surface area contributed by atoms with Crippen molar-refractivity contribution >= 4 is 12.2 Å². The minimum absolute atomic E-state index is 0.325. The maximum absolute atomic E-state index is 5.15. The molecule has 0 saturated heterocycles. The Morgan fingerprint density at radius 1 is 1.14 bits per heavy atom. The topological polar surface area (TPSA) is 101 Å². The van der Waals surface area contributed by atoms with Crippen LogP contribution in [-0.2, 0) is 0 Å². The number of hydrogen-bond donors (Lipinski definition) is 2. The fourth-order valence-electron chi connectivity index (χ4n) is 0.856. The van der Waals surface area contributed by atoms with Gasteiger partial charge in [-0.3, -0.25) is 0 Å². The van der Waals surface area contributed by atoms with Gasteiger partial charge in [0.15, 0.2) is 6.34 Å². The van der Waals surface area contributed by atoms with Crippen molar-refractivity contribution in [3.63, 3.8) is 0 Å². The lowest BCUT2D eigenvalue weighted by Gasteiger charge is -1.95. The largest absolute Gasteiger partial charge is 0.322 e. The Balaban J connectivity index is 2.85. The van der Waals surface area contributed by atoms with E-state index in [0.717, 1.165) is 11.9 Å². The van der Waals surface area contributed by atoms with Crippen LogP contribution >= 0.6 is 0 Å². The second-order valence-corrected chi connectivity index (χ2v) is 2.30. The Morgan fingerprint density at radius 3 is 2.43 bits per heavy atom. The lowest BCUT2D eigenvalue weighted by molar-refractivity contribution is 1.18. The molecule has 0 unspecified atom stereocenters. The second kappa shape index (κ2) is 5.41. The first-order valence-corrected chi connectivity index (χ1v) is 3.84. The van der Waals surface area contributed by atoms with E-state index < -0.39 is 0 Å². The highest BCUT2D eigenvalue weighted by molar-refractivity contribution is 5.99. The number of benzene rings is 1. The molecule has 0 aliphatic rings. The van der Waals surface area contributed by atoms with E-state index in [2.05, 4.69) is 20.4 Å². The molecule has 0 fully saturated rings. The Kier molecular flexibility index (Phi) is 3.81. The zero-order chi connectivity index (χ0) is 10.2. The first-order chi connectivity index (χ1) is 6.88. The summed E-state index contributed by atoms with van der Waals surface area (Å²) in [4.78, 5) is 0. The van der Waals surface area contributed by atoms with Gasteiger partial charge in [0.05, 0.1) is 0 Å². The summed E-state index contributed by atoms with van der Waals surface area (Å²) in [5, 5.41) is 13.9. The average molecular weight is 192 g/mol. The van der Waals surface area contributed by atoms with Crippen molar-refractivity contribution in [3.05, 3.63) is 35.9 Å². The van der Waals surface area contributed by atoms with Crippen LogP contribution in [0.5, 0.6) is 0 Å². The van der Waals surface area contributed by atoms with Crippen molar-refractivity contribution in [2.75, 3.05) is 0 Å². The van der Waals surface area contributed by atoms with Crippen molar-refractivity contribution in [1.82, 2.24) is 0 Å². The lowest BCUT2D eigenvalue weighted by Crippen LogP contribution is -2.00. The normalized spacial score (nSPS) is 12.7. The molecule has 14 heavy (non-hydrogen) atoms. The molecule has 0 aromatic heterocycles. The van der Waals surface area contributed by atoms with Gasteiger partial charge >= 0.3 is 0 Å². The molecular weight excluding hydrogens is 182 g/mol. The van der Waals surface area contributed by atoms with E-state index in [0.29, 0.717) is 5.84 Å². The first-order valence-electron chi connectivity index (χ1n) is 3.84. The third-order valence-electron chi connectivity index (χ3n) is 1.43. The molecule has 0 atom stereocenters. The number of hydrogen-bond acceptors (Lipinski definition) is 4. The van der Waals surface area contributed by atoms with E-state index in [-0.39, 0.29) is 0 Å². The van der Waals surface area contributed by atoms with Crippen LogP contribution in [0, 0.1) is 0 Å². The first kappa shape index (κ1) is 9.85. The van der Waals surface area contributed by atoms with Gasteiger partial charge in [-0.15, -0.1) is 10.2 Å². The number of nitrogens with zero attached hydrogens (tertiary/aromatic N) is 4. The second-order valence-electron chi connectivity index (χ2n) is 2.30. The maximum atomic E-state index is 5.15. The fourth-order valence-corrected chi connectivity index (χ4v) is 0.856. The molecular formula is C8H10N6. The Labute approximate surface area is 81.0 Å². The summed E-state index contributed by atoms with van der Waals surface area (Å²) in [5.74, 6) is 10.3. The molecule has 4 N–H and O–H groups in total. The molecule has 1 rings (SSSR count). The van der Waals surface area contributed by atoms with Crippen molar-refractivity contribution in [2.24, 2.45) is 32.1 Å². The highest BCUT2D eigenvalue weighted by Crippen LogP contribution is 2.01. The van der Waals surface area contributed by atoms with Gasteiger partial charge in [-0.25, -0.2) is 0 Å². The Bertz CT molecular complexity index is 353. The van der Waals surface area contributed by atoms with E-state index in [1.54, 1.807) is 0 Å². The van der Waals surface area contributed by atoms with Crippen LogP contribution in [-0.4, -0.2) is 12.2 Å². The van der Waals surface area contributed by atoms with Gasteiger partial charge in [0.2, 0.25) is 5.84 Å². The number of hydrazone groups is 2. The quantitative estimate of drug-likeness (QED) is 0.179. The van der Waals surface area contributed by atoms with Crippen LogP contribution in [0.1, 0.15) is 5.56 Å².